The lowest BCUT2D eigenvalue weighted by atomic mass is 10.2. The molecule has 0 spiro atoms. The minimum Gasteiger partial charge on any atom is -0.496 e. The van der Waals surface area contributed by atoms with E-state index in [1.54, 1.807) is 30.2 Å². The largest absolute Gasteiger partial charge is 0.496 e. The van der Waals surface area contributed by atoms with Crippen LogP contribution >= 0.6 is 34.7 Å². The summed E-state index contributed by atoms with van der Waals surface area (Å²) in [6.07, 6.45) is 0.267. The van der Waals surface area contributed by atoms with E-state index in [4.69, 9.17) is 16.3 Å². The third-order valence-corrected chi connectivity index (χ3v) is 6.17. The van der Waals surface area contributed by atoms with Crippen molar-refractivity contribution in [1.29, 1.82) is 0 Å². The summed E-state index contributed by atoms with van der Waals surface area (Å²) in [5.41, 5.74) is 2.88. The SMILES string of the molecule is COc1ccccc1CNC(=O)Cc1csc(SCc2cccc(Cl)c2)n1. The number of nitrogens with one attached hydrogen (secondary N) is 1. The molecule has 0 fully saturated rings. The first-order valence-electron chi connectivity index (χ1n) is 8.34. The minimum absolute atomic E-state index is 0.0578. The zero-order chi connectivity index (χ0) is 19.1. The minimum atomic E-state index is -0.0578. The van der Waals surface area contributed by atoms with Gasteiger partial charge in [-0.15, -0.1) is 11.3 Å². The van der Waals surface area contributed by atoms with Gasteiger partial charge in [0, 0.05) is 28.3 Å². The standard InChI is InChI=1S/C20H19ClN2O2S2/c1-25-18-8-3-2-6-15(18)11-22-19(24)10-17-13-27-20(23-17)26-12-14-5-4-7-16(21)9-14/h2-9,13H,10-12H2,1H3,(H,22,24). The number of ether oxygens (including phenoxy) is 1. The van der Waals surface area contributed by atoms with Crippen LogP contribution in [0.5, 0.6) is 5.75 Å². The van der Waals surface area contributed by atoms with Crippen LogP contribution in [0.2, 0.25) is 5.02 Å². The average Bonchev–Trinajstić information content (AvgIpc) is 3.12. The fourth-order valence-electron chi connectivity index (χ4n) is 2.48. The van der Waals surface area contributed by atoms with Crippen LogP contribution in [0, 0.1) is 0 Å². The summed E-state index contributed by atoms with van der Waals surface area (Å²) in [6, 6.07) is 15.4. The van der Waals surface area contributed by atoms with Gasteiger partial charge in [0.05, 0.1) is 19.2 Å². The number of thioether (sulfide) groups is 1. The number of benzene rings is 2. The van der Waals surface area contributed by atoms with E-state index in [-0.39, 0.29) is 12.3 Å². The highest BCUT2D eigenvalue weighted by molar-refractivity contribution is 8.00. The molecule has 0 atom stereocenters. The highest BCUT2D eigenvalue weighted by Crippen LogP contribution is 2.27. The first-order chi connectivity index (χ1) is 13.1. The summed E-state index contributed by atoms with van der Waals surface area (Å²) < 4.78 is 6.24. The summed E-state index contributed by atoms with van der Waals surface area (Å²) in [7, 11) is 1.62. The van der Waals surface area contributed by atoms with Crippen molar-refractivity contribution in [3.63, 3.8) is 0 Å². The zero-order valence-electron chi connectivity index (χ0n) is 14.8. The van der Waals surface area contributed by atoms with Gasteiger partial charge in [0.2, 0.25) is 5.91 Å². The van der Waals surface area contributed by atoms with E-state index >= 15 is 0 Å². The number of carbonyl (C=O) groups is 1. The highest BCUT2D eigenvalue weighted by atomic mass is 35.5. The topological polar surface area (TPSA) is 51.2 Å². The summed E-state index contributed by atoms with van der Waals surface area (Å²) in [4.78, 5) is 16.7. The van der Waals surface area contributed by atoms with Crippen molar-refractivity contribution in [3.05, 3.63) is 75.8 Å². The summed E-state index contributed by atoms with van der Waals surface area (Å²) in [5.74, 6) is 1.51. The number of nitrogens with zero attached hydrogens (tertiary/aromatic N) is 1. The second-order valence-electron chi connectivity index (χ2n) is 5.79. The van der Waals surface area contributed by atoms with E-state index in [2.05, 4.69) is 10.3 Å². The van der Waals surface area contributed by atoms with Crippen molar-refractivity contribution in [2.24, 2.45) is 0 Å². The Hall–Kier alpha value is -2.02. The van der Waals surface area contributed by atoms with Crippen LogP contribution in [0.15, 0.2) is 58.3 Å². The molecule has 1 N–H and O–H groups in total. The van der Waals surface area contributed by atoms with Crippen molar-refractivity contribution in [2.45, 2.75) is 23.1 Å². The molecule has 0 unspecified atom stereocenters. The molecule has 0 aliphatic carbocycles. The molecular weight excluding hydrogens is 400 g/mol. The zero-order valence-corrected chi connectivity index (χ0v) is 17.2. The molecule has 0 radical (unpaired) electrons. The second kappa shape index (κ2) is 9.78. The fraction of sp³-hybridized carbons (Fsp3) is 0.200. The monoisotopic (exact) mass is 418 g/mol. The lowest BCUT2D eigenvalue weighted by Gasteiger charge is -2.09. The Bertz CT molecular complexity index is 914. The number of amides is 1. The molecule has 1 amide bonds. The van der Waals surface area contributed by atoms with Crippen LogP contribution in [0.25, 0.3) is 0 Å². The molecule has 4 nitrogen and oxygen atoms in total. The van der Waals surface area contributed by atoms with Gasteiger partial charge in [-0.1, -0.05) is 53.7 Å². The normalized spacial score (nSPS) is 10.6. The number of hydrogen-bond acceptors (Lipinski definition) is 5. The molecule has 7 heteroatoms. The molecule has 0 saturated heterocycles. The van der Waals surface area contributed by atoms with Gasteiger partial charge in [-0.05, 0) is 23.8 Å². The van der Waals surface area contributed by atoms with Gasteiger partial charge in [-0.2, -0.15) is 0 Å². The Balaban J connectivity index is 1.49. The molecule has 0 saturated carbocycles. The molecule has 27 heavy (non-hydrogen) atoms. The van der Waals surface area contributed by atoms with E-state index in [1.807, 2.05) is 53.9 Å². The number of hydrogen-bond donors (Lipinski definition) is 1. The number of thiazole rings is 1. The predicted molar refractivity (Wildman–Crippen MR) is 112 cm³/mol. The average molecular weight is 419 g/mol. The van der Waals surface area contributed by atoms with Crippen LogP contribution in [0.3, 0.4) is 0 Å². The molecule has 3 rings (SSSR count). The third-order valence-electron chi connectivity index (χ3n) is 3.79. The van der Waals surface area contributed by atoms with Gasteiger partial charge in [-0.3, -0.25) is 4.79 Å². The van der Waals surface area contributed by atoms with Crippen LogP contribution in [-0.4, -0.2) is 18.0 Å². The smallest absolute Gasteiger partial charge is 0.226 e. The van der Waals surface area contributed by atoms with E-state index in [0.717, 1.165) is 37.7 Å². The van der Waals surface area contributed by atoms with Gasteiger partial charge in [0.25, 0.3) is 0 Å². The number of halogens is 1. The van der Waals surface area contributed by atoms with Crippen molar-refractivity contribution in [3.8, 4) is 5.75 Å². The molecule has 0 bridgehead atoms. The van der Waals surface area contributed by atoms with E-state index in [1.165, 1.54) is 0 Å². The lowest BCUT2D eigenvalue weighted by molar-refractivity contribution is -0.120. The van der Waals surface area contributed by atoms with Crippen molar-refractivity contribution >= 4 is 40.6 Å². The molecule has 140 valence electrons. The molecular formula is C20H19ClN2O2S2. The molecule has 1 aromatic heterocycles. The first kappa shape index (κ1) is 19.7. The maximum Gasteiger partial charge on any atom is 0.226 e. The van der Waals surface area contributed by atoms with Crippen molar-refractivity contribution < 1.29 is 9.53 Å². The Kier molecular flexibility index (Phi) is 7.15. The van der Waals surface area contributed by atoms with Gasteiger partial charge < -0.3 is 10.1 Å². The van der Waals surface area contributed by atoms with Gasteiger partial charge in [0.15, 0.2) is 0 Å². The Morgan fingerprint density at radius 1 is 1.26 bits per heavy atom. The number of aromatic nitrogens is 1. The number of para-hydroxylation sites is 1. The maximum absolute atomic E-state index is 12.2. The molecule has 0 aliphatic heterocycles. The van der Waals surface area contributed by atoms with E-state index < -0.39 is 0 Å². The lowest BCUT2D eigenvalue weighted by Crippen LogP contribution is -2.24. The molecule has 0 aliphatic rings. The molecule has 2 aromatic carbocycles. The van der Waals surface area contributed by atoms with E-state index in [0.29, 0.717) is 6.54 Å². The number of carbonyl (C=O) groups excluding carboxylic acids is 1. The van der Waals surface area contributed by atoms with Crippen LogP contribution in [-0.2, 0) is 23.5 Å². The van der Waals surface area contributed by atoms with Crippen molar-refractivity contribution in [2.75, 3.05) is 7.11 Å². The third kappa shape index (κ3) is 5.99. The first-order valence-corrected chi connectivity index (χ1v) is 10.6. The summed E-state index contributed by atoms with van der Waals surface area (Å²) in [5, 5.41) is 5.59. The Morgan fingerprint density at radius 2 is 2.11 bits per heavy atom. The van der Waals surface area contributed by atoms with Gasteiger partial charge in [0.1, 0.15) is 10.1 Å². The van der Waals surface area contributed by atoms with E-state index in [9.17, 15) is 4.79 Å². The summed E-state index contributed by atoms with van der Waals surface area (Å²) >= 11 is 9.21. The number of rotatable bonds is 8. The van der Waals surface area contributed by atoms with Gasteiger partial charge >= 0.3 is 0 Å². The van der Waals surface area contributed by atoms with Crippen LogP contribution in [0.4, 0.5) is 0 Å². The Morgan fingerprint density at radius 3 is 2.93 bits per heavy atom. The maximum atomic E-state index is 12.2. The van der Waals surface area contributed by atoms with Crippen molar-refractivity contribution in [1.82, 2.24) is 10.3 Å². The molecule has 3 aromatic rings. The Labute approximate surface area is 171 Å². The fourth-order valence-corrected chi connectivity index (χ4v) is 4.48. The second-order valence-corrected chi connectivity index (χ2v) is 8.31. The van der Waals surface area contributed by atoms with Crippen LogP contribution in [0.1, 0.15) is 16.8 Å². The molecule has 1 heterocycles. The summed E-state index contributed by atoms with van der Waals surface area (Å²) in [6.45, 7) is 0.434. The number of methoxy groups -OCH3 is 1. The van der Waals surface area contributed by atoms with Crippen LogP contribution < -0.4 is 10.1 Å². The quantitative estimate of drug-likeness (QED) is 0.525. The van der Waals surface area contributed by atoms with Gasteiger partial charge in [-0.25, -0.2) is 4.98 Å². The highest BCUT2D eigenvalue weighted by Gasteiger charge is 2.10. The predicted octanol–water partition coefficient (Wildman–Crippen LogP) is 4.96.